The van der Waals surface area contributed by atoms with E-state index in [-0.39, 0.29) is 32.3 Å². The zero-order valence-corrected chi connectivity index (χ0v) is 39.8. The molecule has 0 heterocycles. The Bertz CT molecular complexity index is 1110. The highest BCUT2D eigenvalue weighted by atomic mass is 31.2. The van der Waals surface area contributed by atoms with Crippen molar-refractivity contribution in [3.63, 3.8) is 0 Å². The van der Waals surface area contributed by atoms with Gasteiger partial charge in [-0.2, -0.15) is 0 Å². The van der Waals surface area contributed by atoms with Crippen LogP contribution in [0.5, 0.6) is 0 Å². The maximum atomic E-state index is 12.6. The minimum absolute atomic E-state index is 0.0969. The molecule has 0 aliphatic rings. The van der Waals surface area contributed by atoms with Crippen LogP contribution >= 0.6 is 7.82 Å². The van der Waals surface area contributed by atoms with E-state index in [1.54, 1.807) is 0 Å². The number of phosphoric ester groups is 1. The molecular weight excluding hydrogens is 770 g/mol. The third-order valence-corrected chi connectivity index (χ3v) is 11.4. The van der Waals surface area contributed by atoms with Crippen molar-refractivity contribution in [2.75, 3.05) is 33.0 Å². The van der Waals surface area contributed by atoms with E-state index in [1.807, 2.05) is 0 Å². The smallest absolute Gasteiger partial charge is 0.457 e. The van der Waals surface area contributed by atoms with Crippen LogP contribution in [0.1, 0.15) is 219 Å². The average molecular weight is 864 g/mol. The molecule has 2 atom stereocenters. The number of nitrogens with two attached hydrogens (primary N) is 1. The van der Waals surface area contributed by atoms with E-state index in [2.05, 4.69) is 74.6 Å². The number of hydrogen-bond donors (Lipinski definition) is 2. The number of phosphoric acid groups is 1. The van der Waals surface area contributed by atoms with Crippen molar-refractivity contribution < 1.29 is 32.8 Å². The summed E-state index contributed by atoms with van der Waals surface area (Å²) in [5.41, 5.74) is 5.38. The highest BCUT2D eigenvalue weighted by Crippen LogP contribution is 2.43. The van der Waals surface area contributed by atoms with Crippen LogP contribution in [0.15, 0.2) is 60.8 Å². The Kier molecular flexibility index (Phi) is 46.8. The van der Waals surface area contributed by atoms with Crippen LogP contribution < -0.4 is 5.73 Å². The second-order valence-corrected chi connectivity index (χ2v) is 17.8. The van der Waals surface area contributed by atoms with Gasteiger partial charge in [0.2, 0.25) is 0 Å². The SMILES string of the molecule is CC/C=C\C/C=C\C/C=C\C/C=C\C/C=C\CCCCCCCCCCCCOCC(COP(=O)(O)OCCN)OC(=O)CCCCCCCCCCCCCCCCC. The molecule has 0 spiro atoms. The van der Waals surface area contributed by atoms with Crippen LogP contribution in [0, 0.1) is 0 Å². The molecule has 0 bridgehead atoms. The average Bonchev–Trinajstić information content (AvgIpc) is 3.24. The van der Waals surface area contributed by atoms with Gasteiger partial charge in [0, 0.05) is 19.6 Å². The summed E-state index contributed by atoms with van der Waals surface area (Å²) in [6, 6.07) is 0. The fourth-order valence-electron chi connectivity index (χ4n) is 6.85. The Labute approximate surface area is 370 Å². The van der Waals surface area contributed by atoms with Gasteiger partial charge >= 0.3 is 13.8 Å². The van der Waals surface area contributed by atoms with E-state index in [0.29, 0.717) is 13.0 Å². The standard InChI is InChI=1S/C51H94NO7P/c1-3-5-7-9-11-13-15-17-19-20-21-22-23-24-25-26-27-28-29-31-33-35-37-39-41-43-46-56-48-50(49-58-60(54,55)57-47-45-52)59-51(53)44-42-40-38-36-34-32-30-18-16-14-12-10-8-6-4-2/h5,7,11,13,17,19,21-22,24-25,50H,3-4,6,8-10,12,14-16,18,20,23,26-49,52H2,1-2H3,(H,54,55)/b7-5-,13-11-,19-17-,22-21-,25-24-. The number of esters is 1. The van der Waals surface area contributed by atoms with Gasteiger partial charge in [-0.3, -0.25) is 13.8 Å². The first-order valence-electron chi connectivity index (χ1n) is 24.8. The predicted molar refractivity (Wildman–Crippen MR) is 256 cm³/mol. The highest BCUT2D eigenvalue weighted by Gasteiger charge is 2.25. The van der Waals surface area contributed by atoms with Crippen molar-refractivity contribution >= 4 is 13.8 Å². The number of hydrogen-bond acceptors (Lipinski definition) is 7. The molecule has 0 amide bonds. The van der Waals surface area contributed by atoms with E-state index < -0.39 is 13.9 Å². The van der Waals surface area contributed by atoms with Gasteiger partial charge in [-0.05, 0) is 57.8 Å². The van der Waals surface area contributed by atoms with E-state index in [1.165, 1.54) is 135 Å². The number of carbonyl (C=O) groups excluding carboxylic acids is 1. The summed E-state index contributed by atoms with van der Waals surface area (Å²) in [4.78, 5) is 22.5. The molecule has 0 rings (SSSR count). The first kappa shape index (κ1) is 58.2. The van der Waals surface area contributed by atoms with Crippen molar-refractivity contribution in [2.24, 2.45) is 5.73 Å². The van der Waals surface area contributed by atoms with Crippen LogP contribution in [0.4, 0.5) is 0 Å². The minimum Gasteiger partial charge on any atom is -0.457 e. The summed E-state index contributed by atoms with van der Waals surface area (Å²) in [7, 11) is -4.28. The lowest BCUT2D eigenvalue weighted by atomic mass is 10.0. The van der Waals surface area contributed by atoms with Gasteiger partial charge in [-0.15, -0.1) is 0 Å². The fraction of sp³-hybridized carbons (Fsp3) is 0.784. The molecule has 0 fully saturated rings. The van der Waals surface area contributed by atoms with Crippen LogP contribution in [-0.4, -0.2) is 49.9 Å². The van der Waals surface area contributed by atoms with E-state index in [0.717, 1.165) is 64.2 Å². The molecule has 0 aromatic heterocycles. The molecule has 8 nitrogen and oxygen atoms in total. The first-order chi connectivity index (χ1) is 29.4. The first-order valence-corrected chi connectivity index (χ1v) is 26.3. The third-order valence-electron chi connectivity index (χ3n) is 10.4. The number of carbonyl (C=O) groups is 1. The maximum Gasteiger partial charge on any atom is 0.472 e. The van der Waals surface area contributed by atoms with E-state index in [4.69, 9.17) is 24.3 Å². The maximum absolute atomic E-state index is 12.6. The molecule has 2 unspecified atom stereocenters. The lowest BCUT2D eigenvalue weighted by Crippen LogP contribution is -2.28. The monoisotopic (exact) mass is 864 g/mol. The van der Waals surface area contributed by atoms with Crippen molar-refractivity contribution in [1.29, 1.82) is 0 Å². The van der Waals surface area contributed by atoms with Gasteiger partial charge in [0.05, 0.1) is 19.8 Å². The molecule has 60 heavy (non-hydrogen) atoms. The number of allylic oxidation sites excluding steroid dienone is 10. The molecule has 3 N–H and O–H groups in total. The zero-order chi connectivity index (χ0) is 43.7. The summed E-state index contributed by atoms with van der Waals surface area (Å²) in [6.07, 6.45) is 59.6. The molecule has 0 aliphatic heterocycles. The topological polar surface area (TPSA) is 117 Å². The molecule has 0 saturated heterocycles. The van der Waals surface area contributed by atoms with Crippen LogP contribution in [0.3, 0.4) is 0 Å². The third kappa shape index (κ3) is 47.3. The van der Waals surface area contributed by atoms with Crippen molar-refractivity contribution in [2.45, 2.75) is 225 Å². The number of rotatable bonds is 47. The van der Waals surface area contributed by atoms with Gasteiger partial charge in [0.15, 0.2) is 0 Å². The quantitative estimate of drug-likeness (QED) is 0.0269. The second kappa shape index (κ2) is 48.2. The Balaban J connectivity index is 3.93. The Morgan fingerprint density at radius 3 is 1.40 bits per heavy atom. The summed E-state index contributed by atoms with van der Waals surface area (Å²) in [6.45, 7) is 4.82. The van der Waals surface area contributed by atoms with E-state index in [9.17, 15) is 14.3 Å². The van der Waals surface area contributed by atoms with Crippen molar-refractivity contribution in [3.05, 3.63) is 60.8 Å². The molecule has 0 aromatic rings. The summed E-state index contributed by atoms with van der Waals surface area (Å²) in [5, 5.41) is 0. The van der Waals surface area contributed by atoms with Gasteiger partial charge in [0.25, 0.3) is 0 Å². The zero-order valence-electron chi connectivity index (χ0n) is 38.9. The molecule has 0 saturated carbocycles. The Hall–Kier alpha value is -1.80. The molecule has 350 valence electrons. The number of ether oxygens (including phenoxy) is 2. The van der Waals surface area contributed by atoms with Gasteiger partial charge in [0.1, 0.15) is 6.10 Å². The molecule has 0 radical (unpaired) electrons. The van der Waals surface area contributed by atoms with Crippen LogP contribution in [0.25, 0.3) is 0 Å². The Morgan fingerprint density at radius 1 is 0.517 bits per heavy atom. The van der Waals surface area contributed by atoms with Gasteiger partial charge < -0.3 is 20.1 Å². The summed E-state index contributed by atoms with van der Waals surface area (Å²) < 4.78 is 33.5. The molecule has 0 aliphatic carbocycles. The highest BCUT2D eigenvalue weighted by molar-refractivity contribution is 7.47. The largest absolute Gasteiger partial charge is 0.472 e. The summed E-state index contributed by atoms with van der Waals surface area (Å²) in [5.74, 6) is -0.331. The van der Waals surface area contributed by atoms with Gasteiger partial charge in [-0.1, -0.05) is 216 Å². The van der Waals surface area contributed by atoms with E-state index >= 15 is 0 Å². The van der Waals surface area contributed by atoms with Crippen LogP contribution in [-0.2, 0) is 27.9 Å². The lowest BCUT2D eigenvalue weighted by Gasteiger charge is -2.20. The summed E-state index contributed by atoms with van der Waals surface area (Å²) >= 11 is 0. The minimum atomic E-state index is -4.28. The fourth-order valence-corrected chi connectivity index (χ4v) is 7.61. The van der Waals surface area contributed by atoms with Crippen molar-refractivity contribution in [3.8, 4) is 0 Å². The molecular formula is C51H94NO7P. The molecule has 0 aromatic carbocycles. The van der Waals surface area contributed by atoms with Crippen molar-refractivity contribution in [1.82, 2.24) is 0 Å². The second-order valence-electron chi connectivity index (χ2n) is 16.3. The normalized spacial score (nSPS) is 13.9. The van der Waals surface area contributed by atoms with Gasteiger partial charge in [-0.25, -0.2) is 4.57 Å². The molecule has 9 heteroatoms. The Morgan fingerprint density at radius 2 is 0.933 bits per heavy atom. The van der Waals surface area contributed by atoms with Crippen LogP contribution in [0.2, 0.25) is 0 Å². The predicted octanol–water partition coefficient (Wildman–Crippen LogP) is 15.3. The lowest BCUT2D eigenvalue weighted by molar-refractivity contribution is -0.154. The number of unbranched alkanes of at least 4 members (excludes halogenated alkanes) is 24.